The molecular weight excluding hydrogens is 202 g/mol. The quantitative estimate of drug-likeness (QED) is 0.851. The zero-order valence-electron chi connectivity index (χ0n) is 10.7. The van der Waals surface area contributed by atoms with Crippen molar-refractivity contribution in [2.75, 3.05) is 7.05 Å². The predicted octanol–water partition coefficient (Wildman–Crippen LogP) is 2.22. The Hall–Kier alpha value is -1.32. The summed E-state index contributed by atoms with van der Waals surface area (Å²) in [6.07, 6.45) is 2.61. The molecule has 4 nitrogen and oxygen atoms in total. The van der Waals surface area contributed by atoms with E-state index in [-0.39, 0.29) is 11.9 Å². The van der Waals surface area contributed by atoms with E-state index in [1.54, 1.807) is 11.1 Å². The average Bonchev–Trinajstić information content (AvgIpc) is 2.61. The van der Waals surface area contributed by atoms with Crippen molar-refractivity contribution in [2.24, 2.45) is 5.92 Å². The van der Waals surface area contributed by atoms with Gasteiger partial charge in [0, 0.05) is 18.8 Å². The number of aromatic amines is 1. The number of amides is 1. The topological polar surface area (TPSA) is 49.0 Å². The van der Waals surface area contributed by atoms with Gasteiger partial charge < -0.3 is 4.90 Å². The van der Waals surface area contributed by atoms with Gasteiger partial charge in [0.25, 0.3) is 5.91 Å². The van der Waals surface area contributed by atoms with Crippen LogP contribution in [0.1, 0.15) is 43.2 Å². The van der Waals surface area contributed by atoms with Crippen LogP contribution in [-0.4, -0.2) is 34.1 Å². The number of aryl methyl sites for hydroxylation is 1. The van der Waals surface area contributed by atoms with E-state index >= 15 is 0 Å². The molecule has 1 heterocycles. The Bertz CT molecular complexity index is 357. The Morgan fingerprint density at radius 3 is 2.56 bits per heavy atom. The third-order valence-corrected chi connectivity index (χ3v) is 2.85. The highest BCUT2D eigenvalue weighted by Crippen LogP contribution is 2.13. The second-order valence-corrected chi connectivity index (χ2v) is 4.80. The first-order chi connectivity index (χ1) is 7.43. The lowest BCUT2D eigenvalue weighted by Gasteiger charge is -2.26. The molecule has 0 bridgehead atoms. The normalized spacial score (nSPS) is 12.9. The van der Waals surface area contributed by atoms with Crippen LogP contribution < -0.4 is 0 Å². The van der Waals surface area contributed by atoms with Crippen molar-refractivity contribution in [3.8, 4) is 0 Å². The summed E-state index contributed by atoms with van der Waals surface area (Å²) in [4.78, 5) is 13.9. The number of rotatable bonds is 4. The number of nitrogens with zero attached hydrogens (tertiary/aromatic N) is 2. The summed E-state index contributed by atoms with van der Waals surface area (Å²) < 4.78 is 0. The summed E-state index contributed by atoms with van der Waals surface area (Å²) in [5.41, 5.74) is 1.49. The van der Waals surface area contributed by atoms with Crippen LogP contribution in [0, 0.1) is 12.8 Å². The Labute approximate surface area is 97.0 Å². The van der Waals surface area contributed by atoms with Crippen LogP contribution in [0.4, 0.5) is 0 Å². The van der Waals surface area contributed by atoms with E-state index in [2.05, 4.69) is 31.0 Å². The predicted molar refractivity (Wildman–Crippen MR) is 64.3 cm³/mol. The first-order valence-electron chi connectivity index (χ1n) is 5.70. The molecule has 1 atom stereocenters. The smallest absolute Gasteiger partial charge is 0.257 e. The molecule has 0 saturated heterocycles. The molecule has 0 aliphatic rings. The summed E-state index contributed by atoms with van der Waals surface area (Å²) in [6, 6.07) is 0.252. The Morgan fingerprint density at radius 1 is 1.50 bits per heavy atom. The van der Waals surface area contributed by atoms with Gasteiger partial charge in [-0.3, -0.25) is 9.89 Å². The van der Waals surface area contributed by atoms with Gasteiger partial charge in [-0.05, 0) is 26.2 Å². The summed E-state index contributed by atoms with van der Waals surface area (Å²) in [6.45, 7) is 8.27. The molecule has 0 spiro atoms. The molecule has 90 valence electrons. The van der Waals surface area contributed by atoms with E-state index in [0.29, 0.717) is 11.5 Å². The van der Waals surface area contributed by atoms with Crippen molar-refractivity contribution in [3.63, 3.8) is 0 Å². The van der Waals surface area contributed by atoms with Gasteiger partial charge in [-0.1, -0.05) is 13.8 Å². The number of nitrogens with one attached hydrogen (secondary N) is 1. The number of aromatic nitrogens is 2. The van der Waals surface area contributed by atoms with E-state index < -0.39 is 0 Å². The molecule has 1 amide bonds. The van der Waals surface area contributed by atoms with Crippen LogP contribution in [0.3, 0.4) is 0 Å². The number of hydrogen-bond acceptors (Lipinski definition) is 2. The molecule has 1 rings (SSSR count). The van der Waals surface area contributed by atoms with Crippen molar-refractivity contribution < 1.29 is 4.79 Å². The van der Waals surface area contributed by atoms with E-state index in [1.807, 2.05) is 14.0 Å². The van der Waals surface area contributed by atoms with Gasteiger partial charge >= 0.3 is 0 Å². The van der Waals surface area contributed by atoms with Crippen LogP contribution in [0.25, 0.3) is 0 Å². The molecule has 0 radical (unpaired) electrons. The second-order valence-electron chi connectivity index (χ2n) is 4.80. The maximum Gasteiger partial charge on any atom is 0.257 e. The molecule has 1 unspecified atom stereocenters. The van der Waals surface area contributed by atoms with E-state index in [1.165, 1.54) is 0 Å². The number of hydrogen-bond donors (Lipinski definition) is 1. The van der Waals surface area contributed by atoms with E-state index in [9.17, 15) is 4.79 Å². The number of H-pyrrole nitrogens is 1. The molecular formula is C12H21N3O. The minimum atomic E-state index is 0.0411. The van der Waals surface area contributed by atoms with Gasteiger partial charge in [-0.15, -0.1) is 0 Å². The first kappa shape index (κ1) is 12.7. The maximum absolute atomic E-state index is 12.1. The van der Waals surface area contributed by atoms with Crippen molar-refractivity contribution in [2.45, 2.75) is 40.2 Å². The minimum absolute atomic E-state index is 0.0411. The van der Waals surface area contributed by atoms with Gasteiger partial charge in [0.1, 0.15) is 0 Å². The number of carbonyl (C=O) groups excluding carboxylic acids is 1. The Kier molecular flexibility index (Phi) is 4.10. The molecule has 16 heavy (non-hydrogen) atoms. The highest BCUT2D eigenvalue weighted by molar-refractivity contribution is 5.95. The van der Waals surface area contributed by atoms with Crippen LogP contribution in [-0.2, 0) is 0 Å². The molecule has 0 aliphatic carbocycles. The van der Waals surface area contributed by atoms with Crippen molar-refractivity contribution in [1.29, 1.82) is 0 Å². The third kappa shape index (κ3) is 2.84. The lowest BCUT2D eigenvalue weighted by atomic mass is 10.0. The maximum atomic E-state index is 12.1. The van der Waals surface area contributed by atoms with Crippen LogP contribution in [0.5, 0.6) is 0 Å². The molecule has 0 aromatic carbocycles. The fraction of sp³-hybridized carbons (Fsp3) is 0.667. The highest BCUT2D eigenvalue weighted by Gasteiger charge is 2.20. The van der Waals surface area contributed by atoms with Crippen LogP contribution in [0.15, 0.2) is 6.20 Å². The minimum Gasteiger partial charge on any atom is -0.339 e. The molecule has 4 heteroatoms. The first-order valence-corrected chi connectivity index (χ1v) is 5.70. The van der Waals surface area contributed by atoms with Crippen molar-refractivity contribution >= 4 is 5.91 Å². The lowest BCUT2D eigenvalue weighted by molar-refractivity contribution is 0.0727. The number of carbonyl (C=O) groups is 1. The largest absolute Gasteiger partial charge is 0.339 e. The third-order valence-electron chi connectivity index (χ3n) is 2.85. The fourth-order valence-electron chi connectivity index (χ4n) is 1.80. The van der Waals surface area contributed by atoms with Gasteiger partial charge in [-0.25, -0.2) is 0 Å². The molecule has 0 fully saturated rings. The van der Waals surface area contributed by atoms with Gasteiger partial charge in [0.05, 0.1) is 11.8 Å². The summed E-state index contributed by atoms with van der Waals surface area (Å²) in [5.74, 6) is 0.634. The molecule has 0 saturated carbocycles. The molecule has 0 aliphatic heterocycles. The highest BCUT2D eigenvalue weighted by atomic mass is 16.2. The molecule has 1 N–H and O–H groups in total. The standard InChI is InChI=1S/C12H21N3O/c1-8(2)6-9(3)15(5)12(16)11-7-13-14-10(11)4/h7-9H,6H2,1-5H3,(H,13,14). The SMILES string of the molecule is Cc1[nH]ncc1C(=O)N(C)C(C)CC(C)C. The van der Waals surface area contributed by atoms with Gasteiger partial charge in [0.2, 0.25) is 0 Å². The zero-order valence-corrected chi connectivity index (χ0v) is 10.7. The van der Waals surface area contributed by atoms with Crippen molar-refractivity contribution in [3.05, 3.63) is 17.5 Å². The van der Waals surface area contributed by atoms with Crippen LogP contribution >= 0.6 is 0 Å². The summed E-state index contributed by atoms with van der Waals surface area (Å²) in [5, 5.41) is 6.66. The van der Waals surface area contributed by atoms with Crippen molar-refractivity contribution in [1.82, 2.24) is 15.1 Å². The van der Waals surface area contributed by atoms with Gasteiger partial charge in [-0.2, -0.15) is 5.10 Å². The van der Waals surface area contributed by atoms with E-state index in [0.717, 1.165) is 12.1 Å². The Morgan fingerprint density at radius 2 is 2.12 bits per heavy atom. The zero-order chi connectivity index (χ0) is 12.3. The monoisotopic (exact) mass is 223 g/mol. The van der Waals surface area contributed by atoms with Gasteiger partial charge in [0.15, 0.2) is 0 Å². The second kappa shape index (κ2) is 5.14. The Balaban J connectivity index is 2.71. The molecule has 1 aromatic heterocycles. The summed E-state index contributed by atoms with van der Waals surface area (Å²) in [7, 11) is 1.85. The summed E-state index contributed by atoms with van der Waals surface area (Å²) >= 11 is 0. The lowest BCUT2D eigenvalue weighted by Crippen LogP contribution is -2.36. The van der Waals surface area contributed by atoms with E-state index in [4.69, 9.17) is 0 Å². The fourth-order valence-corrected chi connectivity index (χ4v) is 1.80. The van der Waals surface area contributed by atoms with Crippen LogP contribution in [0.2, 0.25) is 0 Å². The molecule has 1 aromatic rings. The average molecular weight is 223 g/mol.